The zero-order valence-corrected chi connectivity index (χ0v) is 17.8. The first-order valence-electron chi connectivity index (χ1n) is 10.2. The molecular formula is C22H28F2N4O2. The molecule has 2 heterocycles. The van der Waals surface area contributed by atoms with E-state index in [0.29, 0.717) is 18.7 Å². The van der Waals surface area contributed by atoms with Crippen molar-refractivity contribution in [3.63, 3.8) is 0 Å². The van der Waals surface area contributed by atoms with Crippen molar-refractivity contribution in [1.29, 1.82) is 0 Å². The van der Waals surface area contributed by atoms with Gasteiger partial charge in [-0.15, -0.1) is 0 Å². The van der Waals surface area contributed by atoms with Gasteiger partial charge in [0.1, 0.15) is 29.2 Å². The summed E-state index contributed by atoms with van der Waals surface area (Å²) in [5.41, 5.74) is 0.349. The fourth-order valence-electron chi connectivity index (χ4n) is 3.80. The minimum absolute atomic E-state index is 0.0240. The minimum atomic E-state index is -0.771. The van der Waals surface area contributed by atoms with E-state index in [0.717, 1.165) is 37.5 Å². The lowest BCUT2D eigenvalue weighted by Gasteiger charge is -2.29. The number of nitrogens with one attached hydrogen (secondary N) is 2. The third kappa shape index (κ3) is 4.37. The maximum absolute atomic E-state index is 14.5. The molecule has 1 unspecified atom stereocenters. The van der Waals surface area contributed by atoms with Gasteiger partial charge in [0.15, 0.2) is 0 Å². The summed E-state index contributed by atoms with van der Waals surface area (Å²) in [5, 5.41) is 5.37. The number of benzene rings is 1. The molecule has 1 atom stereocenters. The number of amides is 2. The van der Waals surface area contributed by atoms with Crippen LogP contribution in [-0.2, 0) is 17.8 Å². The summed E-state index contributed by atoms with van der Waals surface area (Å²) in [5.74, 6) is -1.74. The molecule has 1 aromatic carbocycles. The summed E-state index contributed by atoms with van der Waals surface area (Å²) in [6, 6.07) is 2.44. The largest absolute Gasteiger partial charge is 0.357 e. The molecule has 30 heavy (non-hydrogen) atoms. The SMILES string of the molecule is CNC(=O)C(NC(=O)c1nc(-c2cc(F)ccc2F)n2c1CCCCC2)C(C)(C)C. The van der Waals surface area contributed by atoms with Crippen LogP contribution in [0.25, 0.3) is 11.4 Å². The van der Waals surface area contributed by atoms with E-state index in [1.54, 1.807) is 0 Å². The van der Waals surface area contributed by atoms with E-state index in [2.05, 4.69) is 15.6 Å². The van der Waals surface area contributed by atoms with Crippen LogP contribution in [0, 0.1) is 17.0 Å². The van der Waals surface area contributed by atoms with Crippen LogP contribution < -0.4 is 10.6 Å². The number of carbonyl (C=O) groups is 2. The number of rotatable bonds is 4. The Morgan fingerprint density at radius 2 is 1.90 bits per heavy atom. The number of halogens is 2. The molecular weight excluding hydrogens is 390 g/mol. The molecule has 1 aliphatic rings. The lowest BCUT2D eigenvalue weighted by Crippen LogP contribution is -2.53. The number of nitrogens with zero attached hydrogens (tertiary/aromatic N) is 2. The molecule has 6 nitrogen and oxygen atoms in total. The number of hydrogen-bond donors (Lipinski definition) is 2. The van der Waals surface area contributed by atoms with E-state index >= 15 is 0 Å². The Morgan fingerprint density at radius 1 is 1.17 bits per heavy atom. The summed E-state index contributed by atoms with van der Waals surface area (Å²) in [6.07, 6.45) is 3.30. The summed E-state index contributed by atoms with van der Waals surface area (Å²) in [6.45, 7) is 6.14. The molecule has 0 saturated heterocycles. The van der Waals surface area contributed by atoms with Gasteiger partial charge in [-0.25, -0.2) is 13.8 Å². The van der Waals surface area contributed by atoms with Crippen LogP contribution in [0.5, 0.6) is 0 Å². The third-order valence-electron chi connectivity index (χ3n) is 5.40. The molecule has 162 valence electrons. The molecule has 2 aromatic rings. The minimum Gasteiger partial charge on any atom is -0.357 e. The van der Waals surface area contributed by atoms with E-state index in [9.17, 15) is 18.4 Å². The summed E-state index contributed by atoms with van der Waals surface area (Å²) >= 11 is 0. The molecule has 2 N–H and O–H groups in total. The van der Waals surface area contributed by atoms with Gasteiger partial charge >= 0.3 is 0 Å². The number of carbonyl (C=O) groups excluding carboxylic acids is 2. The van der Waals surface area contributed by atoms with Gasteiger partial charge < -0.3 is 15.2 Å². The number of likely N-dealkylation sites (N-methyl/N-ethyl adjacent to an activating group) is 1. The smallest absolute Gasteiger partial charge is 0.272 e. The second-order valence-electron chi connectivity index (χ2n) is 8.70. The molecule has 0 fully saturated rings. The number of aromatic nitrogens is 2. The van der Waals surface area contributed by atoms with Crippen molar-refractivity contribution in [2.75, 3.05) is 7.05 Å². The molecule has 2 amide bonds. The molecule has 0 spiro atoms. The zero-order valence-electron chi connectivity index (χ0n) is 17.8. The average molecular weight is 418 g/mol. The van der Waals surface area contributed by atoms with Crippen LogP contribution >= 0.6 is 0 Å². The van der Waals surface area contributed by atoms with Gasteiger partial charge in [-0.05, 0) is 42.9 Å². The Kier molecular flexibility index (Phi) is 6.24. The van der Waals surface area contributed by atoms with Gasteiger partial charge in [-0.1, -0.05) is 27.2 Å². The van der Waals surface area contributed by atoms with E-state index in [1.165, 1.54) is 7.05 Å². The maximum atomic E-state index is 14.5. The Morgan fingerprint density at radius 3 is 2.57 bits per heavy atom. The van der Waals surface area contributed by atoms with Gasteiger partial charge in [-0.3, -0.25) is 9.59 Å². The predicted octanol–water partition coefficient (Wildman–Crippen LogP) is 3.45. The van der Waals surface area contributed by atoms with Crippen molar-refractivity contribution in [2.24, 2.45) is 5.41 Å². The highest BCUT2D eigenvalue weighted by Crippen LogP contribution is 2.30. The normalized spacial score (nSPS) is 15.1. The Labute approximate surface area is 175 Å². The van der Waals surface area contributed by atoms with Gasteiger partial charge in [-0.2, -0.15) is 0 Å². The molecule has 0 bridgehead atoms. The number of fused-ring (bicyclic) bond motifs is 1. The summed E-state index contributed by atoms with van der Waals surface area (Å²) in [4.78, 5) is 29.9. The van der Waals surface area contributed by atoms with Crippen molar-refractivity contribution in [2.45, 2.75) is 59.0 Å². The van der Waals surface area contributed by atoms with Gasteiger partial charge in [0.25, 0.3) is 5.91 Å². The summed E-state index contributed by atoms with van der Waals surface area (Å²) < 4.78 is 30.1. The van der Waals surface area contributed by atoms with Crippen LogP contribution in [0.3, 0.4) is 0 Å². The molecule has 0 saturated carbocycles. The first kappa shape index (κ1) is 21.9. The fraction of sp³-hybridized carbons (Fsp3) is 0.500. The predicted molar refractivity (Wildman–Crippen MR) is 110 cm³/mol. The second kappa shape index (κ2) is 8.53. The van der Waals surface area contributed by atoms with Crippen LogP contribution in [-0.4, -0.2) is 34.5 Å². The first-order valence-corrected chi connectivity index (χ1v) is 10.2. The summed E-state index contributed by atoms with van der Waals surface area (Å²) in [7, 11) is 1.51. The van der Waals surface area contributed by atoms with Crippen molar-refractivity contribution in [3.8, 4) is 11.4 Å². The topological polar surface area (TPSA) is 76.0 Å². The average Bonchev–Trinajstić information content (AvgIpc) is 2.87. The second-order valence-corrected chi connectivity index (χ2v) is 8.70. The van der Waals surface area contributed by atoms with Gasteiger partial charge in [0, 0.05) is 13.6 Å². The fourth-order valence-corrected chi connectivity index (χ4v) is 3.80. The molecule has 1 aliphatic heterocycles. The van der Waals surface area contributed by atoms with Gasteiger partial charge in [0.05, 0.1) is 11.3 Å². The van der Waals surface area contributed by atoms with Crippen molar-refractivity contribution in [1.82, 2.24) is 20.2 Å². The Hall–Kier alpha value is -2.77. The van der Waals surface area contributed by atoms with E-state index in [4.69, 9.17) is 0 Å². The maximum Gasteiger partial charge on any atom is 0.272 e. The highest BCUT2D eigenvalue weighted by Gasteiger charge is 2.34. The van der Waals surface area contributed by atoms with Crippen LogP contribution in [0.2, 0.25) is 0 Å². The molecule has 0 aliphatic carbocycles. The first-order chi connectivity index (χ1) is 14.1. The number of hydrogen-bond acceptors (Lipinski definition) is 3. The number of imidazole rings is 1. The molecule has 1 aromatic heterocycles. The highest BCUT2D eigenvalue weighted by molar-refractivity contribution is 5.97. The zero-order chi connectivity index (χ0) is 22.1. The Bertz CT molecular complexity index is 963. The van der Waals surface area contributed by atoms with E-state index in [1.807, 2.05) is 25.3 Å². The lowest BCUT2D eigenvalue weighted by atomic mass is 9.86. The standard InChI is InChI=1S/C22H28F2N4O2/c1-22(2,3)18(21(30)25-4)27-20(29)17-16-8-6-5-7-11-28(16)19(26-17)14-12-13(23)9-10-15(14)24/h9-10,12,18H,5-8,11H2,1-4H3,(H,25,30)(H,27,29). The highest BCUT2D eigenvalue weighted by atomic mass is 19.1. The van der Waals surface area contributed by atoms with Crippen LogP contribution in [0.4, 0.5) is 8.78 Å². The van der Waals surface area contributed by atoms with Crippen molar-refractivity contribution >= 4 is 11.8 Å². The van der Waals surface area contributed by atoms with Gasteiger partial charge in [0.2, 0.25) is 5.91 Å². The molecule has 3 rings (SSSR count). The lowest BCUT2D eigenvalue weighted by molar-refractivity contribution is -0.124. The van der Waals surface area contributed by atoms with Crippen LogP contribution in [0.1, 0.15) is 56.2 Å². The van der Waals surface area contributed by atoms with E-state index < -0.39 is 29.0 Å². The van der Waals surface area contributed by atoms with Crippen molar-refractivity contribution < 1.29 is 18.4 Å². The van der Waals surface area contributed by atoms with E-state index in [-0.39, 0.29) is 23.0 Å². The van der Waals surface area contributed by atoms with Crippen LogP contribution in [0.15, 0.2) is 18.2 Å². The van der Waals surface area contributed by atoms with Crippen molar-refractivity contribution in [3.05, 3.63) is 41.2 Å². The molecule has 0 radical (unpaired) electrons. The quantitative estimate of drug-likeness (QED) is 0.799. The molecule has 8 heteroatoms. The third-order valence-corrected chi connectivity index (χ3v) is 5.40. The Balaban J connectivity index is 2.07. The monoisotopic (exact) mass is 418 g/mol.